The van der Waals surface area contributed by atoms with Gasteiger partial charge in [0.25, 0.3) is 5.91 Å². The lowest BCUT2D eigenvalue weighted by molar-refractivity contribution is 0.0545. The van der Waals surface area contributed by atoms with Crippen LogP contribution >= 0.6 is 15.9 Å². The Morgan fingerprint density at radius 2 is 2.00 bits per heavy atom. The fourth-order valence-corrected chi connectivity index (χ4v) is 4.27. The monoisotopic (exact) mass is 348 g/mol. The molecule has 1 aromatic carbocycles. The number of hydrogen-bond acceptors (Lipinski definition) is 3. The summed E-state index contributed by atoms with van der Waals surface area (Å²) in [5.41, 5.74) is 6.81. The molecule has 2 aliphatic rings. The minimum atomic E-state index is 0.0116. The Hall–Kier alpha value is -1.33. The van der Waals surface area contributed by atoms with Gasteiger partial charge in [0.15, 0.2) is 5.76 Å². The summed E-state index contributed by atoms with van der Waals surface area (Å²) in [4.78, 5) is 14.8. The molecule has 0 aliphatic carbocycles. The van der Waals surface area contributed by atoms with Crippen LogP contribution in [0.4, 0.5) is 0 Å². The molecule has 4 rings (SSSR count). The van der Waals surface area contributed by atoms with Gasteiger partial charge in [-0.25, -0.2) is 0 Å². The molecule has 2 N–H and O–H groups in total. The van der Waals surface area contributed by atoms with Crippen LogP contribution in [-0.4, -0.2) is 28.9 Å². The third-order valence-electron chi connectivity index (χ3n) is 4.71. The Labute approximate surface area is 131 Å². The third-order valence-corrected chi connectivity index (χ3v) is 5.34. The van der Waals surface area contributed by atoms with E-state index in [4.69, 9.17) is 10.2 Å². The molecule has 5 heteroatoms. The predicted molar refractivity (Wildman–Crippen MR) is 84.1 cm³/mol. The zero-order valence-corrected chi connectivity index (χ0v) is 13.2. The van der Waals surface area contributed by atoms with E-state index in [1.165, 1.54) is 0 Å². The molecule has 2 aliphatic heterocycles. The highest BCUT2D eigenvalue weighted by atomic mass is 79.9. The van der Waals surface area contributed by atoms with Crippen molar-refractivity contribution in [3.63, 3.8) is 0 Å². The quantitative estimate of drug-likeness (QED) is 0.860. The number of piperidine rings is 1. The first-order valence-corrected chi connectivity index (χ1v) is 8.19. The van der Waals surface area contributed by atoms with Crippen LogP contribution in [0.1, 0.15) is 36.2 Å². The van der Waals surface area contributed by atoms with E-state index in [9.17, 15) is 4.79 Å². The average Bonchev–Trinajstić information content (AvgIpc) is 2.99. The van der Waals surface area contributed by atoms with E-state index in [1.54, 1.807) is 0 Å². The van der Waals surface area contributed by atoms with Crippen LogP contribution in [0.3, 0.4) is 0 Å². The van der Waals surface area contributed by atoms with Gasteiger partial charge in [0.1, 0.15) is 5.58 Å². The number of benzene rings is 1. The van der Waals surface area contributed by atoms with E-state index in [0.717, 1.165) is 41.1 Å². The van der Waals surface area contributed by atoms with Crippen molar-refractivity contribution in [2.45, 2.75) is 43.8 Å². The van der Waals surface area contributed by atoms with Crippen molar-refractivity contribution < 1.29 is 9.21 Å². The zero-order chi connectivity index (χ0) is 14.6. The lowest BCUT2D eigenvalue weighted by Gasteiger charge is -2.37. The highest BCUT2D eigenvalue weighted by molar-refractivity contribution is 9.10. The minimum Gasteiger partial charge on any atom is -0.450 e. The minimum absolute atomic E-state index is 0.0116. The van der Waals surface area contributed by atoms with Gasteiger partial charge in [0.05, 0.1) is 4.47 Å². The van der Waals surface area contributed by atoms with Crippen molar-refractivity contribution in [3.05, 3.63) is 34.5 Å². The van der Waals surface area contributed by atoms with Crippen LogP contribution in [0, 0.1) is 0 Å². The average molecular weight is 349 g/mol. The second-order valence-electron chi connectivity index (χ2n) is 6.10. The van der Waals surface area contributed by atoms with Gasteiger partial charge in [0, 0.05) is 23.5 Å². The number of nitrogens with two attached hydrogens (primary N) is 1. The number of halogens is 1. The van der Waals surface area contributed by atoms with Gasteiger partial charge in [0.2, 0.25) is 0 Å². The topological polar surface area (TPSA) is 59.5 Å². The first-order chi connectivity index (χ1) is 10.1. The standard InChI is InChI=1S/C16H17BrN2O2/c17-13-3-1-2-9-6-14(21-15(9)13)16(20)19-11-4-5-12(19)8-10(18)7-11/h1-3,6,10-12H,4-5,7-8,18H2. The predicted octanol–water partition coefficient (Wildman–Crippen LogP) is 3.29. The van der Waals surface area contributed by atoms with Crippen molar-refractivity contribution in [2.75, 3.05) is 0 Å². The SMILES string of the molecule is NC1CC2CCC(C1)N2C(=O)c1cc2cccc(Br)c2o1. The molecule has 1 amide bonds. The Morgan fingerprint density at radius 3 is 2.67 bits per heavy atom. The number of carbonyl (C=O) groups is 1. The molecule has 4 nitrogen and oxygen atoms in total. The van der Waals surface area contributed by atoms with Gasteiger partial charge in [-0.1, -0.05) is 12.1 Å². The summed E-state index contributed by atoms with van der Waals surface area (Å²) in [5.74, 6) is 0.446. The number of carbonyl (C=O) groups excluding carboxylic acids is 1. The number of nitrogens with zero attached hydrogens (tertiary/aromatic N) is 1. The molecule has 2 atom stereocenters. The smallest absolute Gasteiger partial charge is 0.290 e. The van der Waals surface area contributed by atoms with Crippen LogP contribution in [0.25, 0.3) is 11.0 Å². The fraction of sp³-hybridized carbons (Fsp3) is 0.438. The molecule has 0 saturated carbocycles. The molecule has 0 spiro atoms. The van der Waals surface area contributed by atoms with Gasteiger partial charge in [-0.3, -0.25) is 4.79 Å². The third kappa shape index (κ3) is 2.10. The van der Waals surface area contributed by atoms with Gasteiger partial charge >= 0.3 is 0 Å². The van der Waals surface area contributed by atoms with E-state index in [-0.39, 0.29) is 24.0 Å². The number of furan rings is 1. The summed E-state index contributed by atoms with van der Waals surface area (Å²) in [6.45, 7) is 0. The van der Waals surface area contributed by atoms with E-state index in [0.29, 0.717) is 5.76 Å². The highest BCUT2D eigenvalue weighted by Gasteiger charge is 2.43. The van der Waals surface area contributed by atoms with Crippen molar-refractivity contribution in [2.24, 2.45) is 5.73 Å². The zero-order valence-electron chi connectivity index (χ0n) is 11.6. The molecule has 1 aromatic heterocycles. The Kier molecular flexibility index (Phi) is 3.08. The molecule has 2 saturated heterocycles. The normalized spacial score (nSPS) is 28.3. The fourth-order valence-electron chi connectivity index (χ4n) is 3.81. The summed E-state index contributed by atoms with van der Waals surface area (Å²) in [6.07, 6.45) is 3.94. The second kappa shape index (κ2) is 4.85. The molecule has 2 aromatic rings. The number of para-hydroxylation sites is 1. The van der Waals surface area contributed by atoms with Gasteiger partial charge in [-0.15, -0.1) is 0 Å². The summed E-state index contributed by atoms with van der Waals surface area (Å²) in [5, 5.41) is 0.953. The van der Waals surface area contributed by atoms with Crippen LogP contribution in [0.2, 0.25) is 0 Å². The number of rotatable bonds is 1. The summed E-state index contributed by atoms with van der Waals surface area (Å²) >= 11 is 3.46. The Bertz CT molecular complexity index is 697. The number of fused-ring (bicyclic) bond motifs is 3. The number of hydrogen-bond donors (Lipinski definition) is 1. The van der Waals surface area contributed by atoms with E-state index >= 15 is 0 Å². The lowest BCUT2D eigenvalue weighted by atomic mass is 9.98. The highest BCUT2D eigenvalue weighted by Crippen LogP contribution is 2.37. The molecule has 21 heavy (non-hydrogen) atoms. The Morgan fingerprint density at radius 1 is 1.29 bits per heavy atom. The molecular weight excluding hydrogens is 332 g/mol. The van der Waals surface area contributed by atoms with Gasteiger partial charge < -0.3 is 15.1 Å². The van der Waals surface area contributed by atoms with Crippen molar-refractivity contribution in [1.29, 1.82) is 0 Å². The molecular formula is C16H17BrN2O2. The molecule has 2 fully saturated rings. The van der Waals surface area contributed by atoms with Crippen LogP contribution < -0.4 is 5.73 Å². The Balaban J connectivity index is 1.69. The first-order valence-electron chi connectivity index (χ1n) is 7.40. The molecule has 110 valence electrons. The number of amides is 1. The van der Waals surface area contributed by atoms with Crippen molar-refractivity contribution in [1.82, 2.24) is 4.90 Å². The van der Waals surface area contributed by atoms with Crippen molar-refractivity contribution in [3.8, 4) is 0 Å². The van der Waals surface area contributed by atoms with Crippen molar-refractivity contribution >= 4 is 32.8 Å². The maximum Gasteiger partial charge on any atom is 0.290 e. The van der Waals surface area contributed by atoms with Gasteiger partial charge in [-0.05, 0) is 53.7 Å². The maximum atomic E-state index is 12.8. The summed E-state index contributed by atoms with van der Waals surface area (Å²) in [7, 11) is 0. The molecule has 0 radical (unpaired) electrons. The molecule has 2 bridgehead atoms. The molecule has 2 unspecified atom stereocenters. The van der Waals surface area contributed by atoms with Crippen LogP contribution in [-0.2, 0) is 0 Å². The van der Waals surface area contributed by atoms with Crippen LogP contribution in [0.15, 0.2) is 33.2 Å². The van der Waals surface area contributed by atoms with E-state index < -0.39 is 0 Å². The lowest BCUT2D eigenvalue weighted by Crippen LogP contribution is -2.50. The largest absolute Gasteiger partial charge is 0.450 e. The van der Waals surface area contributed by atoms with E-state index in [1.807, 2.05) is 29.2 Å². The maximum absolute atomic E-state index is 12.8. The summed E-state index contributed by atoms with van der Waals surface area (Å²) in [6, 6.07) is 8.46. The molecule has 3 heterocycles. The van der Waals surface area contributed by atoms with E-state index in [2.05, 4.69) is 15.9 Å². The second-order valence-corrected chi connectivity index (χ2v) is 6.95. The van der Waals surface area contributed by atoms with Crippen LogP contribution in [0.5, 0.6) is 0 Å². The first kappa shape index (κ1) is 13.3. The van der Waals surface area contributed by atoms with Gasteiger partial charge in [-0.2, -0.15) is 0 Å². The summed E-state index contributed by atoms with van der Waals surface area (Å²) < 4.78 is 6.67.